The number of hydrogen-bond donors (Lipinski definition) is 3. The molecular weight excluding hydrogens is 429 g/mol. The number of hydrogen-bond acceptors (Lipinski definition) is 2. The van der Waals surface area contributed by atoms with Crippen molar-refractivity contribution in [2.24, 2.45) is 0 Å². The normalized spacial score (nSPS) is 10.2. The zero-order valence-electron chi connectivity index (χ0n) is 13.3. The Balaban J connectivity index is 2.16. The van der Waals surface area contributed by atoms with Crippen LogP contribution in [0.3, 0.4) is 0 Å². The maximum absolute atomic E-state index is 12.2. The quantitative estimate of drug-likeness (QED) is 0.566. The summed E-state index contributed by atoms with van der Waals surface area (Å²) in [6.07, 6.45) is 0.820. The van der Waals surface area contributed by atoms with E-state index in [1.54, 1.807) is 36.4 Å². The van der Waals surface area contributed by atoms with Gasteiger partial charge < -0.3 is 16.0 Å². The number of rotatable bonds is 5. The molecule has 8 heteroatoms. The summed E-state index contributed by atoms with van der Waals surface area (Å²) in [5.74, 6) is -0.254. The average molecular weight is 445 g/mol. The third-order valence-corrected chi connectivity index (χ3v) is 4.06. The lowest BCUT2D eigenvalue weighted by molar-refractivity contribution is 0.0954. The maximum Gasteiger partial charge on any atom is 0.323 e. The summed E-state index contributed by atoms with van der Waals surface area (Å²) < 4.78 is 0.737. The lowest BCUT2D eigenvalue weighted by atomic mass is 10.1. The molecule has 0 fully saturated rings. The molecular formula is C17H16BrCl2N3O2. The van der Waals surface area contributed by atoms with E-state index in [1.165, 1.54) is 0 Å². The monoisotopic (exact) mass is 443 g/mol. The SMILES string of the molecule is CCCNC(=O)c1ccc(Br)cc1NC(=O)Nc1cc(Cl)cc(Cl)c1. The van der Waals surface area contributed by atoms with Crippen LogP contribution >= 0.6 is 39.1 Å². The topological polar surface area (TPSA) is 70.2 Å². The van der Waals surface area contributed by atoms with Crippen molar-refractivity contribution in [1.82, 2.24) is 5.32 Å². The van der Waals surface area contributed by atoms with Gasteiger partial charge in [-0.1, -0.05) is 46.1 Å². The van der Waals surface area contributed by atoms with Crippen molar-refractivity contribution in [3.8, 4) is 0 Å². The number of amides is 3. The summed E-state index contributed by atoms with van der Waals surface area (Å²) in [7, 11) is 0. The van der Waals surface area contributed by atoms with Crippen LogP contribution in [0.2, 0.25) is 10.0 Å². The predicted molar refractivity (Wildman–Crippen MR) is 106 cm³/mol. The molecule has 0 heterocycles. The molecule has 0 aliphatic heterocycles. The van der Waals surface area contributed by atoms with Crippen molar-refractivity contribution in [3.05, 3.63) is 56.5 Å². The molecule has 3 amide bonds. The molecule has 0 atom stereocenters. The summed E-state index contributed by atoms with van der Waals surface area (Å²) >= 11 is 15.2. The molecule has 5 nitrogen and oxygen atoms in total. The first kappa shape index (κ1) is 19.6. The van der Waals surface area contributed by atoms with Gasteiger partial charge >= 0.3 is 6.03 Å². The van der Waals surface area contributed by atoms with Crippen LogP contribution in [0.1, 0.15) is 23.7 Å². The van der Waals surface area contributed by atoms with Crippen LogP contribution < -0.4 is 16.0 Å². The number of nitrogens with one attached hydrogen (secondary N) is 3. The highest BCUT2D eigenvalue weighted by atomic mass is 79.9. The summed E-state index contributed by atoms with van der Waals surface area (Å²) in [5.41, 5.74) is 1.20. The van der Waals surface area contributed by atoms with Gasteiger partial charge in [0.2, 0.25) is 0 Å². The number of carbonyl (C=O) groups is 2. The third-order valence-electron chi connectivity index (χ3n) is 3.13. The first-order valence-electron chi connectivity index (χ1n) is 7.51. The van der Waals surface area contributed by atoms with Crippen molar-refractivity contribution >= 4 is 62.4 Å². The van der Waals surface area contributed by atoms with E-state index in [0.717, 1.165) is 10.9 Å². The van der Waals surface area contributed by atoms with Gasteiger partial charge in [0.15, 0.2) is 0 Å². The number of benzene rings is 2. The van der Waals surface area contributed by atoms with Gasteiger partial charge in [-0.15, -0.1) is 0 Å². The molecule has 0 radical (unpaired) electrons. The Hall–Kier alpha value is -1.76. The fourth-order valence-corrected chi connectivity index (χ4v) is 2.95. The predicted octanol–water partition coefficient (Wildman–Crippen LogP) is 5.54. The van der Waals surface area contributed by atoms with E-state index in [1.807, 2.05) is 6.92 Å². The van der Waals surface area contributed by atoms with Crippen LogP contribution in [0.25, 0.3) is 0 Å². The molecule has 3 N–H and O–H groups in total. The second-order valence-electron chi connectivity index (χ2n) is 5.18. The molecule has 0 unspecified atom stereocenters. The summed E-state index contributed by atoms with van der Waals surface area (Å²) in [6.45, 7) is 2.52. The van der Waals surface area contributed by atoms with Crippen molar-refractivity contribution in [1.29, 1.82) is 0 Å². The minimum absolute atomic E-state index is 0.254. The number of anilines is 2. The molecule has 0 bridgehead atoms. The summed E-state index contributed by atoms with van der Waals surface area (Å²) in [4.78, 5) is 24.5. The van der Waals surface area contributed by atoms with E-state index < -0.39 is 6.03 Å². The second kappa shape index (κ2) is 9.08. The molecule has 25 heavy (non-hydrogen) atoms. The third kappa shape index (κ3) is 5.92. The van der Waals surface area contributed by atoms with E-state index in [4.69, 9.17) is 23.2 Å². The first-order chi connectivity index (χ1) is 11.9. The molecule has 0 aliphatic carbocycles. The van der Waals surface area contributed by atoms with Gasteiger partial charge in [0, 0.05) is 26.8 Å². The lowest BCUT2D eigenvalue weighted by Gasteiger charge is -2.13. The van der Waals surface area contributed by atoms with Gasteiger partial charge in [0.1, 0.15) is 0 Å². The van der Waals surface area contributed by atoms with Crippen molar-refractivity contribution < 1.29 is 9.59 Å². The maximum atomic E-state index is 12.2. The minimum atomic E-state index is -0.513. The summed E-state index contributed by atoms with van der Waals surface area (Å²) in [6, 6.07) is 9.23. The number of urea groups is 1. The first-order valence-corrected chi connectivity index (χ1v) is 9.05. The largest absolute Gasteiger partial charge is 0.352 e. The van der Waals surface area contributed by atoms with Crippen molar-refractivity contribution in [2.75, 3.05) is 17.2 Å². The van der Waals surface area contributed by atoms with Crippen molar-refractivity contribution in [3.63, 3.8) is 0 Å². The highest BCUT2D eigenvalue weighted by Gasteiger charge is 2.14. The van der Waals surface area contributed by atoms with E-state index in [2.05, 4.69) is 31.9 Å². The Morgan fingerprint density at radius 3 is 2.36 bits per heavy atom. The second-order valence-corrected chi connectivity index (χ2v) is 6.97. The number of carbonyl (C=O) groups excluding carboxylic acids is 2. The average Bonchev–Trinajstić information content (AvgIpc) is 2.51. The molecule has 0 saturated carbocycles. The fourth-order valence-electron chi connectivity index (χ4n) is 2.06. The molecule has 2 aromatic rings. The van der Waals surface area contributed by atoms with E-state index in [-0.39, 0.29) is 5.91 Å². The Kier molecular flexibility index (Phi) is 7.11. The standard InChI is InChI=1S/C17H16BrCl2N3O2/c1-2-5-21-16(24)14-4-3-10(18)6-15(14)23-17(25)22-13-8-11(19)7-12(20)9-13/h3-4,6-9H,2,5H2,1H3,(H,21,24)(H2,22,23,25). The van der Waals surface area contributed by atoms with Crippen LogP contribution in [-0.2, 0) is 0 Å². The Bertz CT molecular complexity index is 779. The molecule has 0 saturated heterocycles. The van der Waals surface area contributed by atoms with Crippen LogP contribution in [0, 0.1) is 0 Å². The van der Waals surface area contributed by atoms with Crippen molar-refractivity contribution in [2.45, 2.75) is 13.3 Å². The molecule has 0 aliphatic rings. The van der Waals surface area contributed by atoms with Gasteiger partial charge in [-0.3, -0.25) is 4.79 Å². The molecule has 0 aromatic heterocycles. The Morgan fingerprint density at radius 2 is 1.72 bits per heavy atom. The molecule has 2 aromatic carbocycles. The molecule has 132 valence electrons. The van der Waals surface area contributed by atoms with Gasteiger partial charge in [-0.25, -0.2) is 4.79 Å². The zero-order chi connectivity index (χ0) is 18.4. The molecule has 2 rings (SSSR count). The van der Waals surface area contributed by atoms with Gasteiger partial charge in [-0.2, -0.15) is 0 Å². The Labute approximate surface area is 164 Å². The van der Waals surface area contributed by atoms with Crippen LogP contribution in [-0.4, -0.2) is 18.5 Å². The van der Waals surface area contributed by atoms with E-state index in [9.17, 15) is 9.59 Å². The van der Waals surface area contributed by atoms with E-state index >= 15 is 0 Å². The number of halogens is 3. The van der Waals surface area contributed by atoms with Crippen LogP contribution in [0.5, 0.6) is 0 Å². The van der Waals surface area contributed by atoms with Gasteiger partial charge in [0.25, 0.3) is 5.91 Å². The van der Waals surface area contributed by atoms with Gasteiger partial charge in [-0.05, 0) is 42.8 Å². The van der Waals surface area contributed by atoms with Crippen LogP contribution in [0.4, 0.5) is 16.2 Å². The smallest absolute Gasteiger partial charge is 0.323 e. The van der Waals surface area contributed by atoms with E-state index in [0.29, 0.717) is 33.5 Å². The lowest BCUT2D eigenvalue weighted by Crippen LogP contribution is -2.27. The Morgan fingerprint density at radius 1 is 1.04 bits per heavy atom. The highest BCUT2D eigenvalue weighted by molar-refractivity contribution is 9.10. The minimum Gasteiger partial charge on any atom is -0.352 e. The van der Waals surface area contributed by atoms with Crippen LogP contribution in [0.15, 0.2) is 40.9 Å². The summed E-state index contributed by atoms with van der Waals surface area (Å²) in [5, 5.41) is 8.90. The zero-order valence-corrected chi connectivity index (χ0v) is 16.4. The van der Waals surface area contributed by atoms with Gasteiger partial charge in [0.05, 0.1) is 11.3 Å². The highest BCUT2D eigenvalue weighted by Crippen LogP contribution is 2.24. The molecule has 0 spiro atoms. The fraction of sp³-hybridized carbons (Fsp3) is 0.176.